The Morgan fingerprint density at radius 2 is 1.69 bits per heavy atom. The zero-order valence-electron chi connectivity index (χ0n) is 10.7. The average molecular weight is 227 g/mol. The Balaban J connectivity index is 1.84. The summed E-state index contributed by atoms with van der Waals surface area (Å²) in [5, 5.41) is 3.40. The maximum atomic E-state index is 5.42. The van der Waals surface area contributed by atoms with Crippen LogP contribution in [0.25, 0.3) is 0 Å². The van der Waals surface area contributed by atoms with Gasteiger partial charge in [0.25, 0.3) is 0 Å². The highest BCUT2D eigenvalue weighted by Gasteiger charge is 2.30. The Kier molecular flexibility index (Phi) is 4.19. The fraction of sp³-hybridized carbons (Fsp3) is 1.00. The summed E-state index contributed by atoms with van der Waals surface area (Å²) >= 11 is 0. The third kappa shape index (κ3) is 3.17. The van der Waals surface area contributed by atoms with Gasteiger partial charge >= 0.3 is 0 Å². The number of ether oxygens (including phenoxy) is 1. The van der Waals surface area contributed by atoms with Gasteiger partial charge in [-0.15, -0.1) is 0 Å². The number of nitrogens with zero attached hydrogens (tertiary/aromatic N) is 2. The van der Waals surface area contributed by atoms with E-state index in [-0.39, 0.29) is 5.54 Å². The number of hydrogen-bond acceptors (Lipinski definition) is 4. The van der Waals surface area contributed by atoms with Crippen molar-refractivity contribution in [1.82, 2.24) is 15.1 Å². The summed E-state index contributed by atoms with van der Waals surface area (Å²) in [7, 11) is 0. The van der Waals surface area contributed by atoms with E-state index in [1.807, 2.05) is 0 Å². The molecule has 2 heterocycles. The number of piperazine rings is 1. The molecule has 2 saturated heterocycles. The van der Waals surface area contributed by atoms with Crippen molar-refractivity contribution in [3.63, 3.8) is 0 Å². The van der Waals surface area contributed by atoms with E-state index in [0.717, 1.165) is 39.4 Å². The van der Waals surface area contributed by atoms with Gasteiger partial charge in [0, 0.05) is 51.4 Å². The minimum Gasteiger partial charge on any atom is -0.379 e. The van der Waals surface area contributed by atoms with Crippen molar-refractivity contribution in [2.75, 3.05) is 59.0 Å². The summed E-state index contributed by atoms with van der Waals surface area (Å²) < 4.78 is 5.42. The van der Waals surface area contributed by atoms with Gasteiger partial charge in [-0.2, -0.15) is 0 Å². The van der Waals surface area contributed by atoms with Crippen LogP contribution in [0, 0.1) is 0 Å². The third-order valence-electron chi connectivity index (χ3n) is 3.69. The molecule has 4 nitrogen and oxygen atoms in total. The maximum absolute atomic E-state index is 5.42. The van der Waals surface area contributed by atoms with Crippen LogP contribution in [0.1, 0.15) is 13.8 Å². The smallest absolute Gasteiger partial charge is 0.0594 e. The van der Waals surface area contributed by atoms with Crippen molar-refractivity contribution in [3.8, 4) is 0 Å². The Bertz CT molecular complexity index is 208. The van der Waals surface area contributed by atoms with Gasteiger partial charge in [0.15, 0.2) is 0 Å². The van der Waals surface area contributed by atoms with E-state index in [9.17, 15) is 0 Å². The Morgan fingerprint density at radius 1 is 1.06 bits per heavy atom. The second kappa shape index (κ2) is 5.45. The first kappa shape index (κ1) is 12.3. The van der Waals surface area contributed by atoms with Crippen molar-refractivity contribution in [3.05, 3.63) is 0 Å². The summed E-state index contributed by atoms with van der Waals surface area (Å²) in [5.41, 5.74) is 0.279. The highest BCUT2D eigenvalue weighted by atomic mass is 16.5. The Hall–Kier alpha value is -0.160. The lowest BCUT2D eigenvalue weighted by molar-refractivity contribution is -0.0226. The van der Waals surface area contributed by atoms with Gasteiger partial charge in [-0.3, -0.25) is 9.80 Å². The molecular weight excluding hydrogens is 202 g/mol. The average Bonchev–Trinajstić information content (AvgIpc) is 2.31. The standard InChI is InChI=1S/C12H25N3O/c1-12(2,15-7-9-16-10-8-15)11-14-5-3-13-4-6-14/h13H,3-11H2,1-2H3. The molecule has 0 aromatic rings. The van der Waals surface area contributed by atoms with Gasteiger partial charge in [-0.1, -0.05) is 0 Å². The minimum atomic E-state index is 0.279. The summed E-state index contributed by atoms with van der Waals surface area (Å²) in [5.74, 6) is 0. The highest BCUT2D eigenvalue weighted by molar-refractivity contribution is 4.87. The third-order valence-corrected chi connectivity index (χ3v) is 3.69. The Morgan fingerprint density at radius 3 is 2.31 bits per heavy atom. The van der Waals surface area contributed by atoms with E-state index < -0.39 is 0 Å². The molecule has 0 amide bonds. The van der Waals surface area contributed by atoms with Crippen molar-refractivity contribution < 1.29 is 4.74 Å². The van der Waals surface area contributed by atoms with E-state index in [1.54, 1.807) is 0 Å². The number of nitrogens with one attached hydrogen (secondary N) is 1. The molecule has 2 fully saturated rings. The molecule has 94 valence electrons. The molecule has 0 unspecified atom stereocenters. The molecule has 2 rings (SSSR count). The molecule has 0 saturated carbocycles. The normalized spacial score (nSPS) is 25.9. The van der Waals surface area contributed by atoms with Gasteiger partial charge in [0.05, 0.1) is 13.2 Å². The van der Waals surface area contributed by atoms with E-state index in [0.29, 0.717) is 0 Å². The quantitative estimate of drug-likeness (QED) is 0.735. The fourth-order valence-corrected chi connectivity index (χ4v) is 2.69. The second-order valence-electron chi connectivity index (χ2n) is 5.44. The summed E-state index contributed by atoms with van der Waals surface area (Å²) in [6, 6.07) is 0. The van der Waals surface area contributed by atoms with E-state index in [1.165, 1.54) is 19.6 Å². The topological polar surface area (TPSA) is 27.7 Å². The summed E-state index contributed by atoms with van der Waals surface area (Å²) in [6.07, 6.45) is 0. The number of rotatable bonds is 3. The largest absolute Gasteiger partial charge is 0.379 e. The molecular formula is C12H25N3O. The van der Waals surface area contributed by atoms with Crippen molar-refractivity contribution in [2.45, 2.75) is 19.4 Å². The lowest BCUT2D eigenvalue weighted by Crippen LogP contribution is -2.57. The maximum Gasteiger partial charge on any atom is 0.0594 e. The second-order valence-corrected chi connectivity index (χ2v) is 5.44. The van der Waals surface area contributed by atoms with Crippen LogP contribution in [-0.2, 0) is 4.74 Å². The van der Waals surface area contributed by atoms with Crippen LogP contribution in [0.4, 0.5) is 0 Å². The lowest BCUT2D eigenvalue weighted by atomic mass is 10.0. The molecule has 0 bridgehead atoms. The molecule has 0 atom stereocenters. The first-order valence-corrected chi connectivity index (χ1v) is 6.44. The molecule has 0 aromatic heterocycles. The SMILES string of the molecule is CC(C)(CN1CCNCC1)N1CCOCC1. The van der Waals surface area contributed by atoms with Crippen LogP contribution in [0.3, 0.4) is 0 Å². The monoisotopic (exact) mass is 227 g/mol. The zero-order chi connectivity index (χ0) is 11.4. The predicted octanol–water partition coefficient (Wildman–Crippen LogP) is 0.00240. The van der Waals surface area contributed by atoms with E-state index >= 15 is 0 Å². The van der Waals surface area contributed by atoms with Crippen LogP contribution < -0.4 is 5.32 Å². The Labute approximate surface area is 98.9 Å². The van der Waals surface area contributed by atoms with Gasteiger partial charge in [0.2, 0.25) is 0 Å². The van der Waals surface area contributed by atoms with E-state index in [2.05, 4.69) is 29.0 Å². The molecule has 0 spiro atoms. The van der Waals surface area contributed by atoms with Crippen molar-refractivity contribution in [1.29, 1.82) is 0 Å². The van der Waals surface area contributed by atoms with Crippen molar-refractivity contribution in [2.24, 2.45) is 0 Å². The molecule has 16 heavy (non-hydrogen) atoms. The van der Waals surface area contributed by atoms with Crippen LogP contribution in [0.2, 0.25) is 0 Å². The first-order valence-electron chi connectivity index (χ1n) is 6.44. The van der Waals surface area contributed by atoms with Crippen LogP contribution >= 0.6 is 0 Å². The zero-order valence-corrected chi connectivity index (χ0v) is 10.7. The first-order chi connectivity index (χ1) is 7.68. The van der Waals surface area contributed by atoms with Gasteiger partial charge < -0.3 is 10.1 Å². The fourth-order valence-electron chi connectivity index (χ4n) is 2.69. The molecule has 0 radical (unpaired) electrons. The van der Waals surface area contributed by atoms with Crippen LogP contribution in [0.5, 0.6) is 0 Å². The summed E-state index contributed by atoms with van der Waals surface area (Å²) in [6.45, 7) is 14.5. The van der Waals surface area contributed by atoms with Gasteiger partial charge in [0.1, 0.15) is 0 Å². The van der Waals surface area contributed by atoms with Gasteiger partial charge in [-0.25, -0.2) is 0 Å². The molecule has 2 aliphatic heterocycles. The molecule has 0 aromatic carbocycles. The predicted molar refractivity (Wildman–Crippen MR) is 65.8 cm³/mol. The highest BCUT2D eigenvalue weighted by Crippen LogP contribution is 2.17. The van der Waals surface area contributed by atoms with E-state index in [4.69, 9.17) is 4.74 Å². The number of morpholine rings is 1. The lowest BCUT2D eigenvalue weighted by Gasteiger charge is -2.44. The van der Waals surface area contributed by atoms with Crippen molar-refractivity contribution >= 4 is 0 Å². The van der Waals surface area contributed by atoms with Crippen LogP contribution in [0.15, 0.2) is 0 Å². The van der Waals surface area contributed by atoms with Crippen LogP contribution in [-0.4, -0.2) is 74.4 Å². The number of hydrogen-bond donors (Lipinski definition) is 1. The molecule has 2 aliphatic rings. The molecule has 0 aliphatic carbocycles. The summed E-state index contributed by atoms with van der Waals surface area (Å²) in [4.78, 5) is 5.14. The molecule has 4 heteroatoms. The molecule has 1 N–H and O–H groups in total. The van der Waals surface area contributed by atoms with Gasteiger partial charge in [-0.05, 0) is 13.8 Å². The minimum absolute atomic E-state index is 0.279.